The SMILES string of the molecule is COCC(C)(N)c1ccc(OC)c(OC)c1. The van der Waals surface area contributed by atoms with E-state index in [0.717, 1.165) is 5.56 Å². The second-order valence-electron chi connectivity index (χ2n) is 3.92. The van der Waals surface area contributed by atoms with Crippen molar-refractivity contribution in [1.82, 2.24) is 0 Å². The lowest BCUT2D eigenvalue weighted by Crippen LogP contribution is -2.37. The Kier molecular flexibility index (Phi) is 4.15. The van der Waals surface area contributed by atoms with Crippen LogP contribution in [-0.4, -0.2) is 27.9 Å². The first-order chi connectivity index (χ1) is 7.55. The Morgan fingerprint density at radius 2 is 1.75 bits per heavy atom. The van der Waals surface area contributed by atoms with Gasteiger partial charge in [0.15, 0.2) is 11.5 Å². The summed E-state index contributed by atoms with van der Waals surface area (Å²) in [5.41, 5.74) is 6.56. The van der Waals surface area contributed by atoms with Crippen LogP contribution in [0.25, 0.3) is 0 Å². The van der Waals surface area contributed by atoms with Crippen molar-refractivity contribution in [3.8, 4) is 11.5 Å². The third-order valence-electron chi connectivity index (χ3n) is 2.49. The van der Waals surface area contributed by atoms with Crippen molar-refractivity contribution in [2.45, 2.75) is 12.5 Å². The summed E-state index contributed by atoms with van der Waals surface area (Å²) in [6, 6.07) is 5.63. The minimum atomic E-state index is -0.533. The summed E-state index contributed by atoms with van der Waals surface area (Å²) in [7, 11) is 4.84. The number of nitrogens with two attached hydrogens (primary N) is 1. The molecule has 0 aliphatic carbocycles. The number of benzene rings is 1. The Hall–Kier alpha value is -1.26. The van der Waals surface area contributed by atoms with Gasteiger partial charge < -0.3 is 19.9 Å². The van der Waals surface area contributed by atoms with Crippen molar-refractivity contribution < 1.29 is 14.2 Å². The van der Waals surface area contributed by atoms with Crippen LogP contribution in [0.5, 0.6) is 11.5 Å². The summed E-state index contributed by atoms with van der Waals surface area (Å²) < 4.78 is 15.5. The standard InChI is InChI=1S/C12H19NO3/c1-12(13,8-14-2)9-5-6-10(15-3)11(7-9)16-4/h5-7H,8,13H2,1-4H3. The predicted molar refractivity (Wildman–Crippen MR) is 63.0 cm³/mol. The van der Waals surface area contributed by atoms with Gasteiger partial charge >= 0.3 is 0 Å². The molecule has 2 N–H and O–H groups in total. The summed E-state index contributed by atoms with van der Waals surface area (Å²) >= 11 is 0. The molecule has 90 valence electrons. The molecule has 1 rings (SSSR count). The minimum absolute atomic E-state index is 0.447. The molecular weight excluding hydrogens is 206 g/mol. The Morgan fingerprint density at radius 1 is 1.12 bits per heavy atom. The predicted octanol–water partition coefficient (Wildman–Crippen LogP) is 1.52. The fourth-order valence-electron chi connectivity index (χ4n) is 1.57. The van der Waals surface area contributed by atoms with E-state index >= 15 is 0 Å². The largest absolute Gasteiger partial charge is 0.493 e. The van der Waals surface area contributed by atoms with Crippen LogP contribution in [0.15, 0.2) is 18.2 Å². The van der Waals surface area contributed by atoms with Gasteiger partial charge in [0.1, 0.15) is 0 Å². The van der Waals surface area contributed by atoms with Gasteiger partial charge in [-0.3, -0.25) is 0 Å². The summed E-state index contributed by atoms with van der Waals surface area (Å²) in [6.45, 7) is 2.36. The topological polar surface area (TPSA) is 53.7 Å². The van der Waals surface area contributed by atoms with E-state index in [1.165, 1.54) is 0 Å². The molecular formula is C12H19NO3. The fraction of sp³-hybridized carbons (Fsp3) is 0.500. The molecule has 16 heavy (non-hydrogen) atoms. The number of hydrogen-bond donors (Lipinski definition) is 1. The molecule has 0 aliphatic rings. The van der Waals surface area contributed by atoms with E-state index in [1.54, 1.807) is 21.3 Å². The highest BCUT2D eigenvalue weighted by Gasteiger charge is 2.22. The molecule has 4 heteroatoms. The first kappa shape index (κ1) is 12.8. The smallest absolute Gasteiger partial charge is 0.161 e. The lowest BCUT2D eigenvalue weighted by Gasteiger charge is -2.25. The molecule has 0 aliphatic heterocycles. The molecule has 0 aromatic heterocycles. The zero-order chi connectivity index (χ0) is 12.2. The lowest BCUT2D eigenvalue weighted by atomic mass is 9.94. The van der Waals surface area contributed by atoms with Gasteiger partial charge in [-0.15, -0.1) is 0 Å². The Labute approximate surface area is 96.3 Å². The Bertz CT molecular complexity index is 350. The van der Waals surface area contributed by atoms with Crippen LogP contribution >= 0.6 is 0 Å². The fourth-order valence-corrected chi connectivity index (χ4v) is 1.57. The van der Waals surface area contributed by atoms with E-state index in [0.29, 0.717) is 18.1 Å². The van der Waals surface area contributed by atoms with Crippen LogP contribution in [-0.2, 0) is 10.3 Å². The van der Waals surface area contributed by atoms with Gasteiger partial charge in [-0.1, -0.05) is 6.07 Å². The van der Waals surface area contributed by atoms with E-state index in [4.69, 9.17) is 19.9 Å². The average molecular weight is 225 g/mol. The van der Waals surface area contributed by atoms with Crippen LogP contribution in [0.4, 0.5) is 0 Å². The summed E-state index contributed by atoms with van der Waals surface area (Å²) in [4.78, 5) is 0. The van der Waals surface area contributed by atoms with Crippen LogP contribution in [0, 0.1) is 0 Å². The van der Waals surface area contributed by atoms with Crippen molar-refractivity contribution in [3.63, 3.8) is 0 Å². The van der Waals surface area contributed by atoms with Crippen molar-refractivity contribution in [2.75, 3.05) is 27.9 Å². The second-order valence-corrected chi connectivity index (χ2v) is 3.92. The highest BCUT2D eigenvalue weighted by Crippen LogP contribution is 2.31. The maximum absolute atomic E-state index is 6.14. The van der Waals surface area contributed by atoms with Gasteiger partial charge in [0.25, 0.3) is 0 Å². The molecule has 0 bridgehead atoms. The molecule has 1 atom stereocenters. The molecule has 0 fully saturated rings. The van der Waals surface area contributed by atoms with Crippen LogP contribution in [0.2, 0.25) is 0 Å². The Morgan fingerprint density at radius 3 is 2.25 bits per heavy atom. The molecule has 1 aromatic carbocycles. The molecule has 0 amide bonds. The van der Waals surface area contributed by atoms with Gasteiger partial charge in [-0.25, -0.2) is 0 Å². The number of ether oxygens (including phenoxy) is 3. The number of hydrogen-bond acceptors (Lipinski definition) is 4. The number of rotatable bonds is 5. The third kappa shape index (κ3) is 2.65. The third-order valence-corrected chi connectivity index (χ3v) is 2.49. The summed E-state index contributed by atoms with van der Waals surface area (Å²) in [5.74, 6) is 1.37. The molecule has 1 unspecified atom stereocenters. The van der Waals surface area contributed by atoms with Gasteiger partial charge in [0.2, 0.25) is 0 Å². The van der Waals surface area contributed by atoms with Crippen LogP contribution < -0.4 is 15.2 Å². The zero-order valence-electron chi connectivity index (χ0n) is 10.2. The number of methoxy groups -OCH3 is 3. The maximum Gasteiger partial charge on any atom is 0.161 e. The lowest BCUT2D eigenvalue weighted by molar-refractivity contribution is 0.141. The van der Waals surface area contributed by atoms with Gasteiger partial charge in [-0.05, 0) is 24.6 Å². The quantitative estimate of drug-likeness (QED) is 0.825. The second kappa shape index (κ2) is 5.18. The molecule has 0 spiro atoms. The molecule has 0 heterocycles. The summed E-state index contributed by atoms with van der Waals surface area (Å²) in [6.07, 6.45) is 0. The van der Waals surface area contributed by atoms with Crippen molar-refractivity contribution in [2.24, 2.45) is 5.73 Å². The van der Waals surface area contributed by atoms with Crippen molar-refractivity contribution in [1.29, 1.82) is 0 Å². The normalized spacial score (nSPS) is 14.3. The molecule has 0 radical (unpaired) electrons. The van der Waals surface area contributed by atoms with Crippen LogP contribution in [0.3, 0.4) is 0 Å². The average Bonchev–Trinajstić information content (AvgIpc) is 2.28. The Balaban J connectivity index is 3.07. The maximum atomic E-state index is 6.14. The van der Waals surface area contributed by atoms with Crippen molar-refractivity contribution >= 4 is 0 Å². The van der Waals surface area contributed by atoms with E-state index in [2.05, 4.69) is 0 Å². The molecule has 4 nitrogen and oxygen atoms in total. The van der Waals surface area contributed by atoms with Crippen LogP contribution in [0.1, 0.15) is 12.5 Å². The van der Waals surface area contributed by atoms with E-state index in [1.807, 2.05) is 25.1 Å². The first-order valence-corrected chi connectivity index (χ1v) is 5.05. The first-order valence-electron chi connectivity index (χ1n) is 5.05. The highest BCUT2D eigenvalue weighted by molar-refractivity contribution is 5.44. The van der Waals surface area contributed by atoms with E-state index in [-0.39, 0.29) is 0 Å². The van der Waals surface area contributed by atoms with E-state index < -0.39 is 5.54 Å². The zero-order valence-corrected chi connectivity index (χ0v) is 10.2. The van der Waals surface area contributed by atoms with E-state index in [9.17, 15) is 0 Å². The van der Waals surface area contributed by atoms with Gasteiger partial charge in [-0.2, -0.15) is 0 Å². The summed E-state index contributed by atoms with van der Waals surface area (Å²) in [5, 5.41) is 0. The minimum Gasteiger partial charge on any atom is -0.493 e. The van der Waals surface area contributed by atoms with Crippen molar-refractivity contribution in [3.05, 3.63) is 23.8 Å². The van der Waals surface area contributed by atoms with Gasteiger partial charge in [0, 0.05) is 7.11 Å². The van der Waals surface area contributed by atoms with Gasteiger partial charge in [0.05, 0.1) is 26.4 Å². The monoisotopic (exact) mass is 225 g/mol. The highest BCUT2D eigenvalue weighted by atomic mass is 16.5. The molecule has 1 aromatic rings. The molecule has 0 saturated heterocycles. The molecule has 0 saturated carbocycles.